The number of aromatic amines is 1. The summed E-state index contributed by atoms with van der Waals surface area (Å²) in [5, 5.41) is 11.1. The van der Waals surface area contributed by atoms with Crippen LogP contribution in [0.25, 0.3) is 22.6 Å². The van der Waals surface area contributed by atoms with Crippen LogP contribution in [0.1, 0.15) is 0 Å². The Hall–Kier alpha value is -3.20. The maximum Gasteiger partial charge on any atom is 0.292 e. The second kappa shape index (κ2) is 6.26. The lowest BCUT2D eigenvalue weighted by molar-refractivity contribution is -0.383. The first-order chi connectivity index (χ1) is 12.5. The molecule has 1 aliphatic rings. The largest absolute Gasteiger partial charge is 0.393 e. The lowest BCUT2D eigenvalue weighted by Crippen LogP contribution is -2.44. The monoisotopic (exact) mass is 353 g/mol. The smallest absolute Gasteiger partial charge is 0.292 e. The molecule has 0 spiro atoms. The molecule has 26 heavy (non-hydrogen) atoms. The SMILES string of the molecule is CN1CCN(c2ccc3[nH]c(-c4ccc(N)c([N+](=O)[O-])c4)nc3n2)CC1. The molecule has 0 bridgehead atoms. The molecule has 1 aliphatic heterocycles. The van der Waals surface area contributed by atoms with Gasteiger partial charge in [-0.1, -0.05) is 0 Å². The van der Waals surface area contributed by atoms with Gasteiger partial charge in [-0.05, 0) is 31.3 Å². The molecule has 0 atom stereocenters. The van der Waals surface area contributed by atoms with E-state index in [4.69, 9.17) is 5.73 Å². The highest BCUT2D eigenvalue weighted by Crippen LogP contribution is 2.28. The van der Waals surface area contributed by atoms with Crippen molar-refractivity contribution in [2.45, 2.75) is 0 Å². The number of nitro benzene ring substituents is 1. The number of hydrogen-bond acceptors (Lipinski definition) is 7. The molecule has 9 heteroatoms. The van der Waals surface area contributed by atoms with Crippen molar-refractivity contribution in [3.8, 4) is 11.4 Å². The summed E-state index contributed by atoms with van der Waals surface area (Å²) in [6, 6.07) is 8.57. The molecule has 134 valence electrons. The molecular formula is C17H19N7O2. The third kappa shape index (κ3) is 2.93. The summed E-state index contributed by atoms with van der Waals surface area (Å²) in [7, 11) is 2.11. The number of nitrogens with two attached hydrogens (primary N) is 1. The zero-order valence-electron chi connectivity index (χ0n) is 14.3. The number of pyridine rings is 1. The first-order valence-electron chi connectivity index (χ1n) is 8.36. The fourth-order valence-corrected chi connectivity index (χ4v) is 3.08. The third-order valence-corrected chi connectivity index (χ3v) is 4.66. The second-order valence-electron chi connectivity index (χ2n) is 6.45. The van der Waals surface area contributed by atoms with E-state index in [1.807, 2.05) is 12.1 Å². The summed E-state index contributed by atoms with van der Waals surface area (Å²) in [5.74, 6) is 1.43. The molecule has 0 saturated carbocycles. The number of fused-ring (bicyclic) bond motifs is 1. The fourth-order valence-electron chi connectivity index (χ4n) is 3.08. The van der Waals surface area contributed by atoms with Gasteiger partial charge in [0, 0.05) is 37.8 Å². The predicted molar refractivity (Wildman–Crippen MR) is 100 cm³/mol. The molecule has 9 nitrogen and oxygen atoms in total. The van der Waals surface area contributed by atoms with E-state index < -0.39 is 4.92 Å². The summed E-state index contributed by atoms with van der Waals surface area (Å²) >= 11 is 0. The van der Waals surface area contributed by atoms with Gasteiger partial charge in [0.05, 0.1) is 10.4 Å². The minimum atomic E-state index is -0.495. The second-order valence-corrected chi connectivity index (χ2v) is 6.45. The summed E-state index contributed by atoms with van der Waals surface area (Å²) in [6.45, 7) is 3.86. The Labute approximate surface area is 149 Å². The average molecular weight is 353 g/mol. The number of H-pyrrole nitrogens is 1. The number of rotatable bonds is 3. The summed E-state index contributed by atoms with van der Waals surface area (Å²) < 4.78 is 0. The van der Waals surface area contributed by atoms with Crippen molar-refractivity contribution in [3.63, 3.8) is 0 Å². The topological polar surface area (TPSA) is 117 Å². The van der Waals surface area contributed by atoms with Crippen LogP contribution in [-0.4, -0.2) is 58.0 Å². The van der Waals surface area contributed by atoms with Crippen molar-refractivity contribution in [1.29, 1.82) is 0 Å². The van der Waals surface area contributed by atoms with Crippen LogP contribution in [0.3, 0.4) is 0 Å². The van der Waals surface area contributed by atoms with Gasteiger partial charge >= 0.3 is 0 Å². The fraction of sp³-hybridized carbons (Fsp3) is 0.294. The highest BCUT2D eigenvalue weighted by molar-refractivity contribution is 5.79. The van der Waals surface area contributed by atoms with Crippen LogP contribution in [0.4, 0.5) is 17.2 Å². The van der Waals surface area contributed by atoms with Gasteiger partial charge in [0.15, 0.2) is 5.65 Å². The van der Waals surface area contributed by atoms with Gasteiger partial charge in [-0.15, -0.1) is 0 Å². The van der Waals surface area contributed by atoms with E-state index in [9.17, 15) is 10.1 Å². The van der Waals surface area contributed by atoms with Gasteiger partial charge in [0.25, 0.3) is 5.69 Å². The number of likely N-dealkylation sites (N-methyl/N-ethyl adjacent to an activating group) is 1. The maximum absolute atomic E-state index is 11.1. The van der Waals surface area contributed by atoms with Crippen molar-refractivity contribution < 1.29 is 4.92 Å². The quantitative estimate of drug-likeness (QED) is 0.419. The standard InChI is InChI=1S/C17H19N7O2/c1-22-6-8-23(9-7-22)15-5-4-13-17(20-15)21-16(19-13)11-2-3-12(18)14(10-11)24(25)26/h2-5,10H,6-9,18H2,1H3,(H,19,20,21). The molecule has 1 fully saturated rings. The molecule has 3 N–H and O–H groups in total. The molecule has 3 heterocycles. The lowest BCUT2D eigenvalue weighted by atomic mass is 10.1. The number of nitro groups is 1. The number of nitrogens with zero attached hydrogens (tertiary/aromatic N) is 5. The van der Waals surface area contributed by atoms with Crippen LogP contribution in [0, 0.1) is 10.1 Å². The van der Waals surface area contributed by atoms with Crippen LogP contribution < -0.4 is 10.6 Å². The van der Waals surface area contributed by atoms with Gasteiger partial charge in [-0.2, -0.15) is 0 Å². The summed E-state index contributed by atoms with van der Waals surface area (Å²) in [6.07, 6.45) is 0. The zero-order valence-corrected chi connectivity index (χ0v) is 14.3. The number of imidazole rings is 1. The van der Waals surface area contributed by atoms with Gasteiger partial charge in [0.2, 0.25) is 0 Å². The van der Waals surface area contributed by atoms with E-state index >= 15 is 0 Å². The Morgan fingerprint density at radius 1 is 1.15 bits per heavy atom. The first-order valence-corrected chi connectivity index (χ1v) is 8.36. The van der Waals surface area contributed by atoms with Crippen LogP contribution in [0.2, 0.25) is 0 Å². The first kappa shape index (κ1) is 16.3. The molecule has 0 unspecified atom stereocenters. The summed E-state index contributed by atoms with van der Waals surface area (Å²) in [4.78, 5) is 27.5. The Morgan fingerprint density at radius 3 is 2.65 bits per heavy atom. The molecule has 0 radical (unpaired) electrons. The number of nitrogens with one attached hydrogen (secondary N) is 1. The number of hydrogen-bond donors (Lipinski definition) is 2. The molecule has 0 amide bonds. The minimum absolute atomic E-state index is 0.130. The van der Waals surface area contributed by atoms with Gasteiger partial charge in [-0.3, -0.25) is 10.1 Å². The van der Waals surface area contributed by atoms with Crippen molar-refractivity contribution in [2.24, 2.45) is 0 Å². The van der Waals surface area contributed by atoms with Crippen LogP contribution in [0.5, 0.6) is 0 Å². The number of aromatic nitrogens is 3. The maximum atomic E-state index is 11.1. The van der Waals surface area contributed by atoms with Crippen LogP contribution in [0.15, 0.2) is 30.3 Å². The van der Waals surface area contributed by atoms with Gasteiger partial charge < -0.3 is 20.5 Å². The van der Waals surface area contributed by atoms with E-state index in [2.05, 4.69) is 31.8 Å². The van der Waals surface area contributed by atoms with Crippen molar-refractivity contribution >= 4 is 28.4 Å². The van der Waals surface area contributed by atoms with E-state index in [0.29, 0.717) is 17.0 Å². The normalized spacial score (nSPS) is 15.5. The van der Waals surface area contributed by atoms with E-state index in [1.165, 1.54) is 12.1 Å². The third-order valence-electron chi connectivity index (χ3n) is 4.66. The Balaban J connectivity index is 1.68. The number of piperazine rings is 1. The van der Waals surface area contributed by atoms with E-state index in [-0.39, 0.29) is 11.4 Å². The molecular weight excluding hydrogens is 334 g/mol. The van der Waals surface area contributed by atoms with Gasteiger partial charge in [-0.25, -0.2) is 9.97 Å². The predicted octanol–water partition coefficient (Wildman–Crippen LogP) is 1.87. The van der Waals surface area contributed by atoms with E-state index in [1.54, 1.807) is 6.07 Å². The molecule has 4 rings (SSSR count). The Kier molecular flexibility index (Phi) is 3.92. The zero-order chi connectivity index (χ0) is 18.3. The molecule has 3 aromatic rings. The molecule has 2 aromatic heterocycles. The molecule has 1 saturated heterocycles. The molecule has 1 aromatic carbocycles. The van der Waals surface area contributed by atoms with Crippen LogP contribution in [-0.2, 0) is 0 Å². The number of nitrogen functional groups attached to an aromatic ring is 1. The lowest BCUT2D eigenvalue weighted by Gasteiger charge is -2.33. The van der Waals surface area contributed by atoms with Crippen molar-refractivity contribution in [3.05, 3.63) is 40.4 Å². The van der Waals surface area contributed by atoms with Crippen LogP contribution >= 0.6 is 0 Å². The number of anilines is 2. The molecule has 0 aliphatic carbocycles. The average Bonchev–Trinajstić information content (AvgIpc) is 3.05. The minimum Gasteiger partial charge on any atom is -0.393 e. The van der Waals surface area contributed by atoms with Gasteiger partial charge in [0.1, 0.15) is 17.3 Å². The van der Waals surface area contributed by atoms with Crippen molar-refractivity contribution in [1.82, 2.24) is 19.9 Å². The highest BCUT2D eigenvalue weighted by Gasteiger charge is 2.18. The van der Waals surface area contributed by atoms with E-state index in [0.717, 1.165) is 37.5 Å². The number of benzene rings is 1. The van der Waals surface area contributed by atoms with Crippen molar-refractivity contribution in [2.75, 3.05) is 43.9 Å². The highest BCUT2D eigenvalue weighted by atomic mass is 16.6. The summed E-state index contributed by atoms with van der Waals surface area (Å²) in [5.41, 5.74) is 7.65. The Bertz CT molecular complexity index is 976. The Morgan fingerprint density at radius 2 is 1.92 bits per heavy atom.